The topological polar surface area (TPSA) is 17.1 Å². The summed E-state index contributed by atoms with van der Waals surface area (Å²) >= 11 is 0. The lowest BCUT2D eigenvalue weighted by molar-refractivity contribution is -0.126. The van der Waals surface area contributed by atoms with Crippen LogP contribution in [0.5, 0.6) is 0 Å². The average molecular weight is 174 g/mol. The van der Waals surface area contributed by atoms with Crippen molar-refractivity contribution in [2.75, 3.05) is 0 Å². The standard InChI is InChI=1S/C12H14O/c1-11-9-5-2-3-7-12(9,11)8-4-6-10(11)13/h2-3,5,7,9H,4,6,8H2,1H3. The molecule has 0 saturated heterocycles. The summed E-state index contributed by atoms with van der Waals surface area (Å²) in [6.45, 7) is 2.15. The molecule has 1 heteroatoms. The lowest BCUT2D eigenvalue weighted by Gasteiger charge is -2.23. The van der Waals surface area contributed by atoms with Gasteiger partial charge in [-0.3, -0.25) is 4.79 Å². The minimum Gasteiger partial charge on any atom is -0.299 e. The van der Waals surface area contributed by atoms with Crippen LogP contribution in [-0.4, -0.2) is 5.78 Å². The Hall–Kier alpha value is -0.850. The third kappa shape index (κ3) is 0.609. The predicted molar refractivity (Wildman–Crippen MR) is 51.2 cm³/mol. The first kappa shape index (κ1) is 7.54. The number of carbonyl (C=O) groups excluding carboxylic acids is 1. The molecule has 3 unspecified atom stereocenters. The zero-order valence-corrected chi connectivity index (χ0v) is 7.92. The molecule has 3 atom stereocenters. The fraction of sp³-hybridized carbons (Fsp3) is 0.583. The third-order valence-corrected chi connectivity index (χ3v) is 4.44. The maximum atomic E-state index is 11.9. The molecule has 68 valence electrons. The zero-order chi connectivity index (χ0) is 9.10. The number of Topliss-reactive ketones (excluding diaryl/α,β-unsaturated/α-hetero) is 1. The average Bonchev–Trinajstić information content (AvgIpc) is 2.70. The van der Waals surface area contributed by atoms with Crippen LogP contribution in [0.1, 0.15) is 26.2 Å². The summed E-state index contributed by atoms with van der Waals surface area (Å²) in [6, 6.07) is 0. The van der Waals surface area contributed by atoms with Gasteiger partial charge in [0.25, 0.3) is 0 Å². The quantitative estimate of drug-likeness (QED) is 0.551. The zero-order valence-electron chi connectivity index (χ0n) is 7.92. The van der Waals surface area contributed by atoms with E-state index >= 15 is 0 Å². The first-order valence-electron chi connectivity index (χ1n) is 5.11. The molecule has 2 saturated carbocycles. The van der Waals surface area contributed by atoms with Crippen molar-refractivity contribution in [2.24, 2.45) is 16.7 Å². The molecule has 1 spiro atoms. The molecule has 13 heavy (non-hydrogen) atoms. The molecule has 0 amide bonds. The van der Waals surface area contributed by atoms with Crippen molar-refractivity contribution in [1.29, 1.82) is 0 Å². The number of fused-ring (bicyclic) bond motifs is 1. The van der Waals surface area contributed by atoms with Gasteiger partial charge in [0.2, 0.25) is 0 Å². The van der Waals surface area contributed by atoms with Gasteiger partial charge in [-0.15, -0.1) is 0 Å². The molecule has 3 aliphatic rings. The normalized spacial score (nSPS) is 51.5. The van der Waals surface area contributed by atoms with E-state index in [4.69, 9.17) is 0 Å². The Morgan fingerprint density at radius 1 is 1.46 bits per heavy atom. The Balaban J connectivity index is 2.11. The van der Waals surface area contributed by atoms with Gasteiger partial charge < -0.3 is 0 Å². The number of hydrogen-bond acceptors (Lipinski definition) is 1. The lowest BCUT2D eigenvalue weighted by atomic mass is 9.79. The minimum atomic E-state index is -0.0330. The number of hydrogen-bond donors (Lipinski definition) is 0. The van der Waals surface area contributed by atoms with Crippen LogP contribution in [0.15, 0.2) is 24.3 Å². The second kappa shape index (κ2) is 1.97. The van der Waals surface area contributed by atoms with Crippen LogP contribution in [0.3, 0.4) is 0 Å². The van der Waals surface area contributed by atoms with E-state index in [1.54, 1.807) is 0 Å². The maximum absolute atomic E-state index is 11.9. The van der Waals surface area contributed by atoms with Gasteiger partial charge in [0.1, 0.15) is 5.78 Å². The van der Waals surface area contributed by atoms with E-state index in [-0.39, 0.29) is 10.8 Å². The van der Waals surface area contributed by atoms with Crippen LogP contribution >= 0.6 is 0 Å². The number of carbonyl (C=O) groups is 1. The van der Waals surface area contributed by atoms with Crippen molar-refractivity contribution >= 4 is 5.78 Å². The van der Waals surface area contributed by atoms with Gasteiger partial charge >= 0.3 is 0 Å². The summed E-state index contributed by atoms with van der Waals surface area (Å²) in [6.07, 6.45) is 11.8. The number of allylic oxidation sites excluding steroid dienone is 4. The van der Waals surface area contributed by atoms with Crippen LogP contribution in [0.2, 0.25) is 0 Å². The van der Waals surface area contributed by atoms with Crippen LogP contribution in [0.4, 0.5) is 0 Å². The van der Waals surface area contributed by atoms with Gasteiger partial charge in [-0.2, -0.15) is 0 Å². The molecule has 0 bridgehead atoms. The highest BCUT2D eigenvalue weighted by atomic mass is 16.1. The monoisotopic (exact) mass is 174 g/mol. The molecular formula is C12H14O. The van der Waals surface area contributed by atoms with Crippen molar-refractivity contribution in [1.82, 2.24) is 0 Å². The molecule has 0 aliphatic heterocycles. The van der Waals surface area contributed by atoms with E-state index in [0.29, 0.717) is 11.7 Å². The van der Waals surface area contributed by atoms with Crippen LogP contribution in [-0.2, 0) is 4.79 Å². The molecule has 1 nitrogen and oxygen atoms in total. The van der Waals surface area contributed by atoms with Gasteiger partial charge in [0, 0.05) is 23.2 Å². The molecule has 0 heterocycles. The summed E-state index contributed by atoms with van der Waals surface area (Å²) in [5.74, 6) is 1.000. The van der Waals surface area contributed by atoms with Gasteiger partial charge in [0.15, 0.2) is 0 Å². The highest BCUT2D eigenvalue weighted by molar-refractivity contribution is 5.92. The SMILES string of the molecule is CC12C(=O)CCCC13C=CC=CC32. The smallest absolute Gasteiger partial charge is 0.140 e. The third-order valence-electron chi connectivity index (χ3n) is 4.44. The Bertz CT molecular complexity index is 335. The molecule has 0 radical (unpaired) electrons. The predicted octanol–water partition coefficient (Wildman–Crippen LogP) is 2.49. The van der Waals surface area contributed by atoms with Crippen molar-refractivity contribution in [2.45, 2.75) is 26.2 Å². The first-order valence-corrected chi connectivity index (χ1v) is 5.11. The molecular weight excluding hydrogens is 160 g/mol. The Kier molecular flexibility index (Phi) is 1.14. The first-order chi connectivity index (χ1) is 6.22. The Morgan fingerprint density at radius 2 is 2.31 bits per heavy atom. The van der Waals surface area contributed by atoms with Crippen molar-refractivity contribution in [3.05, 3.63) is 24.3 Å². The summed E-state index contributed by atoms with van der Waals surface area (Å²) in [4.78, 5) is 11.9. The van der Waals surface area contributed by atoms with E-state index in [9.17, 15) is 4.79 Å². The van der Waals surface area contributed by atoms with Crippen molar-refractivity contribution < 1.29 is 4.79 Å². The molecule has 2 fully saturated rings. The van der Waals surface area contributed by atoms with E-state index in [1.165, 1.54) is 6.42 Å². The Labute approximate surface area is 78.5 Å². The van der Waals surface area contributed by atoms with Gasteiger partial charge in [0.05, 0.1) is 0 Å². The van der Waals surface area contributed by atoms with E-state index in [0.717, 1.165) is 12.8 Å². The summed E-state index contributed by atoms with van der Waals surface area (Å²) in [5.41, 5.74) is 0.200. The summed E-state index contributed by atoms with van der Waals surface area (Å²) in [7, 11) is 0. The summed E-state index contributed by atoms with van der Waals surface area (Å²) in [5, 5.41) is 0. The second-order valence-electron chi connectivity index (χ2n) is 4.74. The van der Waals surface area contributed by atoms with Crippen molar-refractivity contribution in [3.8, 4) is 0 Å². The molecule has 0 aromatic rings. The van der Waals surface area contributed by atoms with Gasteiger partial charge in [-0.05, 0) is 12.8 Å². The maximum Gasteiger partial charge on any atom is 0.140 e. The fourth-order valence-electron chi connectivity index (χ4n) is 3.54. The van der Waals surface area contributed by atoms with Crippen LogP contribution in [0, 0.1) is 16.7 Å². The number of rotatable bonds is 0. The molecule has 3 aliphatic carbocycles. The second-order valence-corrected chi connectivity index (χ2v) is 4.74. The highest BCUT2D eigenvalue weighted by Crippen LogP contribution is 2.76. The van der Waals surface area contributed by atoms with Gasteiger partial charge in [-0.25, -0.2) is 0 Å². The molecule has 0 aromatic heterocycles. The van der Waals surface area contributed by atoms with E-state index in [2.05, 4.69) is 31.2 Å². The number of ketones is 1. The van der Waals surface area contributed by atoms with Crippen LogP contribution < -0.4 is 0 Å². The highest BCUT2D eigenvalue weighted by Gasteiger charge is 2.75. The van der Waals surface area contributed by atoms with Crippen LogP contribution in [0.25, 0.3) is 0 Å². The van der Waals surface area contributed by atoms with E-state index in [1.807, 2.05) is 0 Å². The lowest BCUT2D eigenvalue weighted by Crippen LogP contribution is -2.24. The molecule has 0 N–H and O–H groups in total. The van der Waals surface area contributed by atoms with Crippen molar-refractivity contribution in [3.63, 3.8) is 0 Å². The Morgan fingerprint density at radius 3 is 3.15 bits per heavy atom. The minimum absolute atomic E-state index is 0.0330. The fourth-order valence-corrected chi connectivity index (χ4v) is 3.54. The summed E-state index contributed by atoms with van der Waals surface area (Å²) < 4.78 is 0. The largest absolute Gasteiger partial charge is 0.299 e. The van der Waals surface area contributed by atoms with Gasteiger partial charge in [-0.1, -0.05) is 31.2 Å². The molecule has 3 rings (SSSR count). The van der Waals surface area contributed by atoms with E-state index < -0.39 is 0 Å². The molecule has 0 aromatic carbocycles.